The average Bonchev–Trinajstić information content (AvgIpc) is 2.82. The van der Waals surface area contributed by atoms with E-state index in [1.807, 2.05) is 26.0 Å². The molecule has 0 fully saturated rings. The van der Waals surface area contributed by atoms with Gasteiger partial charge >= 0.3 is 0 Å². The summed E-state index contributed by atoms with van der Waals surface area (Å²) in [6, 6.07) is 3.89. The van der Waals surface area contributed by atoms with Crippen LogP contribution in [0.2, 0.25) is 0 Å². The third-order valence-electron chi connectivity index (χ3n) is 2.25. The van der Waals surface area contributed by atoms with Gasteiger partial charge in [0.1, 0.15) is 11.5 Å². The van der Waals surface area contributed by atoms with Crippen LogP contribution in [-0.2, 0) is 11.5 Å². The predicted octanol–water partition coefficient (Wildman–Crippen LogP) is 3.32. The normalized spacial score (nSPS) is 10.8. The van der Waals surface area contributed by atoms with Crippen LogP contribution in [0.5, 0.6) is 0 Å². The minimum Gasteiger partial charge on any atom is -0.468 e. The number of aromatic nitrogens is 1. The summed E-state index contributed by atoms with van der Waals surface area (Å²) < 4.78 is 10.3. The number of hydrogen-bond donors (Lipinski definition) is 0. The Kier molecular flexibility index (Phi) is 3.16. The van der Waals surface area contributed by atoms with Gasteiger partial charge in [0.05, 0.1) is 17.7 Å². The summed E-state index contributed by atoms with van der Waals surface area (Å²) in [7, 11) is 0. The molecule has 15 heavy (non-hydrogen) atoms. The molecule has 0 unspecified atom stereocenters. The Balaban J connectivity index is 1.89. The second-order valence-corrected chi connectivity index (χ2v) is 4.36. The SMILES string of the molecule is Cc1noc(C)c1CSCc1ccco1. The van der Waals surface area contributed by atoms with Gasteiger partial charge in [-0.1, -0.05) is 5.16 Å². The molecule has 0 radical (unpaired) electrons. The Morgan fingerprint density at radius 2 is 2.20 bits per heavy atom. The fourth-order valence-corrected chi connectivity index (χ4v) is 2.44. The van der Waals surface area contributed by atoms with Gasteiger partial charge in [0.15, 0.2) is 0 Å². The van der Waals surface area contributed by atoms with Gasteiger partial charge in [-0.3, -0.25) is 0 Å². The molecule has 0 spiro atoms. The number of nitrogens with zero attached hydrogens (tertiary/aromatic N) is 1. The van der Waals surface area contributed by atoms with E-state index < -0.39 is 0 Å². The van der Waals surface area contributed by atoms with Gasteiger partial charge < -0.3 is 8.94 Å². The molecule has 4 heteroatoms. The van der Waals surface area contributed by atoms with Crippen molar-refractivity contribution in [2.75, 3.05) is 0 Å². The van der Waals surface area contributed by atoms with Gasteiger partial charge in [-0.15, -0.1) is 11.8 Å². The summed E-state index contributed by atoms with van der Waals surface area (Å²) in [5.74, 6) is 3.73. The Hall–Kier alpha value is -1.16. The van der Waals surface area contributed by atoms with E-state index in [0.717, 1.165) is 28.7 Å². The summed E-state index contributed by atoms with van der Waals surface area (Å²) in [5, 5.41) is 3.92. The molecule has 0 aliphatic carbocycles. The molecule has 0 atom stereocenters. The first kappa shape index (κ1) is 10.4. The summed E-state index contributed by atoms with van der Waals surface area (Å²) >= 11 is 1.80. The van der Waals surface area contributed by atoms with Crippen molar-refractivity contribution in [1.29, 1.82) is 0 Å². The maximum absolute atomic E-state index is 5.25. The molecule has 80 valence electrons. The van der Waals surface area contributed by atoms with Crippen molar-refractivity contribution in [3.05, 3.63) is 41.2 Å². The zero-order valence-electron chi connectivity index (χ0n) is 8.82. The van der Waals surface area contributed by atoms with Crippen LogP contribution in [0.1, 0.15) is 22.8 Å². The van der Waals surface area contributed by atoms with Crippen LogP contribution in [0.25, 0.3) is 0 Å². The lowest BCUT2D eigenvalue weighted by Gasteiger charge is -1.98. The standard InChI is InChI=1S/C11H13NO2S/c1-8-11(9(2)14-12-8)7-15-6-10-4-3-5-13-10/h3-5H,6-7H2,1-2H3. The number of rotatable bonds is 4. The van der Waals surface area contributed by atoms with Crippen molar-refractivity contribution >= 4 is 11.8 Å². The molecule has 0 saturated heterocycles. The number of hydrogen-bond acceptors (Lipinski definition) is 4. The summed E-state index contributed by atoms with van der Waals surface area (Å²) in [6.45, 7) is 3.92. The van der Waals surface area contributed by atoms with Crippen molar-refractivity contribution in [3.63, 3.8) is 0 Å². The molecule has 2 aromatic heterocycles. The molecule has 2 aromatic rings. The monoisotopic (exact) mass is 223 g/mol. The third kappa shape index (κ3) is 2.45. The topological polar surface area (TPSA) is 39.2 Å². The second-order valence-electron chi connectivity index (χ2n) is 3.37. The highest BCUT2D eigenvalue weighted by molar-refractivity contribution is 7.97. The highest BCUT2D eigenvalue weighted by Crippen LogP contribution is 2.22. The number of furan rings is 1. The average molecular weight is 223 g/mol. The molecule has 0 amide bonds. The second kappa shape index (κ2) is 4.57. The van der Waals surface area contributed by atoms with Crippen LogP contribution in [0.3, 0.4) is 0 Å². The first-order valence-corrected chi connectivity index (χ1v) is 5.94. The summed E-state index contributed by atoms with van der Waals surface area (Å²) in [5.41, 5.74) is 2.19. The molecule has 0 aromatic carbocycles. The van der Waals surface area contributed by atoms with Crippen LogP contribution >= 0.6 is 11.8 Å². The Bertz CT molecular complexity index is 400. The largest absolute Gasteiger partial charge is 0.468 e. The van der Waals surface area contributed by atoms with Crippen LogP contribution < -0.4 is 0 Å². The minimum absolute atomic E-state index is 0.886. The highest BCUT2D eigenvalue weighted by Gasteiger charge is 2.08. The lowest BCUT2D eigenvalue weighted by atomic mass is 10.2. The minimum atomic E-state index is 0.886. The zero-order chi connectivity index (χ0) is 10.7. The van der Waals surface area contributed by atoms with E-state index in [0.29, 0.717) is 0 Å². The number of aryl methyl sites for hydroxylation is 2. The van der Waals surface area contributed by atoms with Crippen molar-refractivity contribution < 1.29 is 8.94 Å². The van der Waals surface area contributed by atoms with Crippen molar-refractivity contribution in [3.8, 4) is 0 Å². The lowest BCUT2D eigenvalue weighted by Crippen LogP contribution is -1.85. The van der Waals surface area contributed by atoms with E-state index in [1.54, 1.807) is 18.0 Å². The molecule has 3 nitrogen and oxygen atoms in total. The maximum atomic E-state index is 5.25. The summed E-state index contributed by atoms with van der Waals surface area (Å²) in [6.07, 6.45) is 1.70. The van der Waals surface area contributed by atoms with E-state index in [4.69, 9.17) is 8.94 Å². The predicted molar refractivity (Wildman–Crippen MR) is 59.7 cm³/mol. The Morgan fingerprint density at radius 1 is 1.33 bits per heavy atom. The highest BCUT2D eigenvalue weighted by atomic mass is 32.2. The molecule has 0 aliphatic heterocycles. The van der Waals surface area contributed by atoms with E-state index >= 15 is 0 Å². The molecule has 0 bridgehead atoms. The van der Waals surface area contributed by atoms with E-state index in [1.165, 1.54) is 5.56 Å². The quantitative estimate of drug-likeness (QED) is 0.797. The van der Waals surface area contributed by atoms with Crippen molar-refractivity contribution in [1.82, 2.24) is 5.16 Å². The molecule has 0 aliphatic rings. The van der Waals surface area contributed by atoms with E-state index in [-0.39, 0.29) is 0 Å². The first-order valence-electron chi connectivity index (χ1n) is 4.79. The van der Waals surface area contributed by atoms with Crippen LogP contribution in [0.4, 0.5) is 0 Å². The molecular formula is C11H13NO2S. The summed E-state index contributed by atoms with van der Waals surface area (Å²) in [4.78, 5) is 0. The van der Waals surface area contributed by atoms with Crippen LogP contribution in [0.15, 0.2) is 27.3 Å². The molecule has 0 N–H and O–H groups in total. The van der Waals surface area contributed by atoms with Gasteiger partial charge in [0.2, 0.25) is 0 Å². The third-order valence-corrected chi connectivity index (χ3v) is 3.23. The van der Waals surface area contributed by atoms with Crippen molar-refractivity contribution in [2.24, 2.45) is 0 Å². The van der Waals surface area contributed by atoms with Gasteiger partial charge in [-0.2, -0.15) is 0 Å². The molecular weight excluding hydrogens is 210 g/mol. The fourth-order valence-electron chi connectivity index (χ4n) is 1.36. The van der Waals surface area contributed by atoms with Gasteiger partial charge in [0, 0.05) is 11.3 Å². The molecule has 0 saturated carbocycles. The van der Waals surface area contributed by atoms with E-state index in [9.17, 15) is 0 Å². The van der Waals surface area contributed by atoms with Gasteiger partial charge in [0.25, 0.3) is 0 Å². The first-order chi connectivity index (χ1) is 7.27. The Labute approximate surface area is 92.8 Å². The van der Waals surface area contributed by atoms with Gasteiger partial charge in [-0.25, -0.2) is 0 Å². The smallest absolute Gasteiger partial charge is 0.137 e. The zero-order valence-corrected chi connectivity index (χ0v) is 9.63. The molecule has 2 rings (SSSR count). The lowest BCUT2D eigenvalue weighted by molar-refractivity contribution is 0.392. The Morgan fingerprint density at radius 3 is 2.80 bits per heavy atom. The number of thioether (sulfide) groups is 1. The van der Waals surface area contributed by atoms with Crippen molar-refractivity contribution in [2.45, 2.75) is 25.4 Å². The maximum Gasteiger partial charge on any atom is 0.137 e. The fraction of sp³-hybridized carbons (Fsp3) is 0.364. The van der Waals surface area contributed by atoms with Crippen LogP contribution in [0, 0.1) is 13.8 Å². The van der Waals surface area contributed by atoms with E-state index in [2.05, 4.69) is 5.16 Å². The van der Waals surface area contributed by atoms with Gasteiger partial charge in [-0.05, 0) is 26.0 Å². The molecule has 2 heterocycles. The van der Waals surface area contributed by atoms with Crippen LogP contribution in [-0.4, -0.2) is 5.16 Å².